The normalized spacial score (nSPS) is 10.4. The van der Waals surface area contributed by atoms with E-state index in [1.54, 1.807) is 0 Å². The Labute approximate surface area is 167 Å². The van der Waals surface area contributed by atoms with Gasteiger partial charge in [0, 0.05) is 17.1 Å². The van der Waals surface area contributed by atoms with Gasteiger partial charge in [-0.1, -0.05) is 0 Å². The molecular formula is C24H27NO3. The molecule has 4 heteroatoms. The van der Waals surface area contributed by atoms with Crippen LogP contribution in [0.25, 0.3) is 0 Å². The lowest BCUT2D eigenvalue weighted by Crippen LogP contribution is -2.10. The van der Waals surface area contributed by atoms with E-state index in [-0.39, 0.29) is 0 Å². The first-order valence-electron chi connectivity index (χ1n) is 9.73. The molecule has 0 aliphatic carbocycles. The largest absolute Gasteiger partial charge is 0.494 e. The molecular weight excluding hydrogens is 350 g/mol. The zero-order chi connectivity index (χ0) is 19.8. The highest BCUT2D eigenvalue weighted by atomic mass is 16.5. The minimum absolute atomic E-state index is 0.654. The van der Waals surface area contributed by atoms with Crippen LogP contribution in [0, 0.1) is 0 Å². The van der Waals surface area contributed by atoms with Gasteiger partial charge in [-0.15, -0.1) is 0 Å². The summed E-state index contributed by atoms with van der Waals surface area (Å²) in [5, 5.41) is 0. The second-order valence-corrected chi connectivity index (χ2v) is 6.12. The fourth-order valence-electron chi connectivity index (χ4n) is 3.02. The maximum absolute atomic E-state index is 5.59. The second-order valence-electron chi connectivity index (χ2n) is 6.12. The fourth-order valence-corrected chi connectivity index (χ4v) is 3.02. The Morgan fingerprint density at radius 3 is 0.929 bits per heavy atom. The zero-order valence-electron chi connectivity index (χ0n) is 16.7. The van der Waals surface area contributed by atoms with Crippen molar-refractivity contribution in [2.45, 2.75) is 20.8 Å². The number of rotatable bonds is 9. The molecule has 0 saturated carbocycles. The predicted molar refractivity (Wildman–Crippen MR) is 115 cm³/mol. The van der Waals surface area contributed by atoms with E-state index in [4.69, 9.17) is 14.2 Å². The summed E-state index contributed by atoms with van der Waals surface area (Å²) in [6, 6.07) is 24.4. The van der Waals surface area contributed by atoms with Gasteiger partial charge in [0.25, 0.3) is 0 Å². The van der Waals surface area contributed by atoms with Crippen molar-refractivity contribution in [3.8, 4) is 17.2 Å². The van der Waals surface area contributed by atoms with Crippen LogP contribution in [0.4, 0.5) is 17.1 Å². The van der Waals surface area contributed by atoms with Crippen LogP contribution in [-0.2, 0) is 0 Å². The third-order valence-corrected chi connectivity index (χ3v) is 4.22. The first-order valence-corrected chi connectivity index (χ1v) is 9.73. The number of ether oxygens (including phenoxy) is 3. The zero-order valence-corrected chi connectivity index (χ0v) is 16.7. The Morgan fingerprint density at radius 2 is 0.714 bits per heavy atom. The van der Waals surface area contributed by atoms with E-state index in [2.05, 4.69) is 41.3 Å². The summed E-state index contributed by atoms with van der Waals surface area (Å²) < 4.78 is 16.8. The Morgan fingerprint density at radius 1 is 0.464 bits per heavy atom. The van der Waals surface area contributed by atoms with Gasteiger partial charge in [0.1, 0.15) is 17.2 Å². The minimum Gasteiger partial charge on any atom is -0.494 e. The molecule has 0 bridgehead atoms. The van der Waals surface area contributed by atoms with Gasteiger partial charge in [0.15, 0.2) is 0 Å². The van der Waals surface area contributed by atoms with Gasteiger partial charge in [0.2, 0.25) is 0 Å². The smallest absolute Gasteiger partial charge is 0.119 e. The SMILES string of the molecule is CCOc1ccc(N(c2ccc(OCC)cc2)c2ccc(OCC)cc2)cc1. The Bertz CT molecular complexity index is 725. The van der Waals surface area contributed by atoms with E-state index in [1.165, 1.54) is 0 Å². The van der Waals surface area contributed by atoms with Crippen molar-refractivity contribution in [1.29, 1.82) is 0 Å². The van der Waals surface area contributed by atoms with Gasteiger partial charge in [-0.25, -0.2) is 0 Å². The average molecular weight is 377 g/mol. The van der Waals surface area contributed by atoms with Crippen LogP contribution in [-0.4, -0.2) is 19.8 Å². The highest BCUT2D eigenvalue weighted by molar-refractivity contribution is 5.77. The Balaban J connectivity index is 1.97. The summed E-state index contributed by atoms with van der Waals surface area (Å²) in [5.41, 5.74) is 3.16. The van der Waals surface area contributed by atoms with Crippen molar-refractivity contribution in [2.24, 2.45) is 0 Å². The molecule has 0 aliphatic heterocycles. The summed E-state index contributed by atoms with van der Waals surface area (Å²) >= 11 is 0. The minimum atomic E-state index is 0.654. The van der Waals surface area contributed by atoms with Crippen LogP contribution < -0.4 is 19.1 Å². The molecule has 3 aromatic rings. The lowest BCUT2D eigenvalue weighted by molar-refractivity contribution is 0.340. The molecule has 0 N–H and O–H groups in total. The number of nitrogens with zero attached hydrogens (tertiary/aromatic N) is 1. The monoisotopic (exact) mass is 377 g/mol. The number of benzene rings is 3. The summed E-state index contributed by atoms with van der Waals surface area (Å²) in [4.78, 5) is 2.20. The van der Waals surface area contributed by atoms with Gasteiger partial charge >= 0.3 is 0 Å². The van der Waals surface area contributed by atoms with Crippen LogP contribution in [0.5, 0.6) is 17.2 Å². The lowest BCUT2D eigenvalue weighted by atomic mass is 10.2. The maximum atomic E-state index is 5.59. The summed E-state index contributed by atoms with van der Waals surface area (Å²) in [6.07, 6.45) is 0. The average Bonchev–Trinajstić information content (AvgIpc) is 2.73. The summed E-state index contributed by atoms with van der Waals surface area (Å²) in [5.74, 6) is 2.60. The molecule has 0 radical (unpaired) electrons. The van der Waals surface area contributed by atoms with Crippen molar-refractivity contribution in [3.05, 3.63) is 72.8 Å². The Kier molecular flexibility index (Phi) is 6.79. The molecule has 3 aromatic carbocycles. The maximum Gasteiger partial charge on any atom is 0.119 e. The molecule has 0 atom stereocenters. The summed E-state index contributed by atoms with van der Waals surface area (Å²) in [7, 11) is 0. The first-order chi connectivity index (χ1) is 13.7. The molecule has 3 rings (SSSR count). The highest BCUT2D eigenvalue weighted by Gasteiger charge is 2.13. The first kappa shape index (κ1) is 19.6. The van der Waals surface area contributed by atoms with E-state index in [1.807, 2.05) is 57.2 Å². The number of hydrogen-bond donors (Lipinski definition) is 0. The van der Waals surface area contributed by atoms with Crippen LogP contribution in [0.2, 0.25) is 0 Å². The third-order valence-electron chi connectivity index (χ3n) is 4.22. The van der Waals surface area contributed by atoms with Crippen molar-refractivity contribution in [1.82, 2.24) is 0 Å². The topological polar surface area (TPSA) is 30.9 Å². The molecule has 0 spiro atoms. The number of anilines is 3. The van der Waals surface area contributed by atoms with E-state index in [0.29, 0.717) is 19.8 Å². The summed E-state index contributed by atoms with van der Waals surface area (Å²) in [6.45, 7) is 7.92. The van der Waals surface area contributed by atoms with Gasteiger partial charge < -0.3 is 19.1 Å². The quantitative estimate of drug-likeness (QED) is 0.434. The van der Waals surface area contributed by atoms with E-state index in [0.717, 1.165) is 34.3 Å². The molecule has 0 unspecified atom stereocenters. The molecule has 0 aliphatic rings. The van der Waals surface area contributed by atoms with Crippen LogP contribution in [0.1, 0.15) is 20.8 Å². The fraction of sp³-hybridized carbons (Fsp3) is 0.250. The predicted octanol–water partition coefficient (Wildman–Crippen LogP) is 6.35. The van der Waals surface area contributed by atoms with Crippen LogP contribution in [0.15, 0.2) is 72.8 Å². The van der Waals surface area contributed by atoms with Crippen molar-refractivity contribution < 1.29 is 14.2 Å². The second kappa shape index (κ2) is 9.70. The van der Waals surface area contributed by atoms with Gasteiger partial charge in [-0.05, 0) is 93.6 Å². The highest BCUT2D eigenvalue weighted by Crippen LogP contribution is 2.36. The molecule has 0 saturated heterocycles. The molecule has 0 amide bonds. The van der Waals surface area contributed by atoms with Gasteiger partial charge in [0.05, 0.1) is 19.8 Å². The third kappa shape index (κ3) is 4.77. The van der Waals surface area contributed by atoms with Gasteiger partial charge in [-0.2, -0.15) is 0 Å². The lowest BCUT2D eigenvalue weighted by Gasteiger charge is -2.26. The Hall–Kier alpha value is -3.14. The van der Waals surface area contributed by atoms with Gasteiger partial charge in [-0.3, -0.25) is 0 Å². The molecule has 0 aromatic heterocycles. The van der Waals surface area contributed by atoms with Crippen LogP contribution in [0.3, 0.4) is 0 Å². The van der Waals surface area contributed by atoms with Crippen molar-refractivity contribution in [3.63, 3.8) is 0 Å². The molecule has 28 heavy (non-hydrogen) atoms. The van der Waals surface area contributed by atoms with Crippen molar-refractivity contribution >= 4 is 17.1 Å². The molecule has 0 heterocycles. The van der Waals surface area contributed by atoms with E-state index < -0.39 is 0 Å². The van der Waals surface area contributed by atoms with E-state index >= 15 is 0 Å². The van der Waals surface area contributed by atoms with Crippen LogP contribution >= 0.6 is 0 Å². The standard InChI is InChI=1S/C24H27NO3/c1-4-26-22-13-7-19(8-14-22)25(20-9-15-23(16-10-20)27-5-2)21-11-17-24(18-12-21)28-6-3/h7-18H,4-6H2,1-3H3. The molecule has 0 fully saturated rings. The molecule has 4 nitrogen and oxygen atoms in total. The van der Waals surface area contributed by atoms with E-state index in [9.17, 15) is 0 Å². The van der Waals surface area contributed by atoms with Crippen molar-refractivity contribution in [2.75, 3.05) is 24.7 Å². The molecule has 146 valence electrons. The number of hydrogen-bond acceptors (Lipinski definition) is 4.